The zero-order valence-electron chi connectivity index (χ0n) is 16.3. The first-order valence-corrected chi connectivity index (χ1v) is 10.7. The molecule has 3 aromatic heterocycles. The lowest BCUT2D eigenvalue weighted by atomic mass is 10.0. The third kappa shape index (κ3) is 4.33. The normalized spacial score (nSPS) is 11.1. The number of carbonyl (C=O) groups is 1. The van der Waals surface area contributed by atoms with Crippen molar-refractivity contribution < 1.29 is 4.79 Å². The Morgan fingerprint density at radius 1 is 1.24 bits per heavy atom. The highest BCUT2D eigenvalue weighted by Crippen LogP contribution is 2.32. The predicted octanol–water partition coefficient (Wildman–Crippen LogP) is 5.92. The van der Waals surface area contributed by atoms with Crippen molar-refractivity contribution in [2.45, 2.75) is 33.1 Å². The highest BCUT2D eigenvalue weighted by molar-refractivity contribution is 7.15. The molecule has 0 spiro atoms. The largest absolute Gasteiger partial charge is 0.353 e. The van der Waals surface area contributed by atoms with Gasteiger partial charge in [0.25, 0.3) is 0 Å². The molecule has 1 amide bonds. The lowest BCUT2D eigenvalue weighted by Crippen LogP contribution is -2.11. The number of carbonyl (C=O) groups excluding carboxylic acids is 1. The van der Waals surface area contributed by atoms with Gasteiger partial charge in [-0.15, -0.1) is 11.3 Å². The molecule has 0 saturated carbocycles. The molecule has 148 valence electrons. The number of hydrogen-bond donors (Lipinski definition) is 2. The molecule has 4 rings (SSSR count). The van der Waals surface area contributed by atoms with Crippen molar-refractivity contribution in [1.29, 1.82) is 0 Å². The van der Waals surface area contributed by atoms with Crippen molar-refractivity contribution in [3.05, 3.63) is 63.8 Å². The molecule has 2 N–H and O–H groups in total. The van der Waals surface area contributed by atoms with Crippen LogP contribution in [-0.2, 0) is 11.2 Å². The third-order valence-electron chi connectivity index (χ3n) is 4.89. The monoisotopic (exact) mass is 424 g/mol. The first-order valence-electron chi connectivity index (χ1n) is 9.46. The SMILES string of the molecule is Cc1nc(NC(=O)CCCc2c(-c3ccccn3)[nH]c3ccc(Cl)cc23)sc1C. The van der Waals surface area contributed by atoms with Crippen LogP contribution in [-0.4, -0.2) is 20.9 Å². The molecule has 0 saturated heterocycles. The summed E-state index contributed by atoms with van der Waals surface area (Å²) in [6, 6.07) is 11.7. The van der Waals surface area contributed by atoms with E-state index in [0.717, 1.165) is 44.8 Å². The molecule has 0 bridgehead atoms. The number of aromatic amines is 1. The Kier molecular flexibility index (Phi) is 5.65. The van der Waals surface area contributed by atoms with Crippen molar-refractivity contribution in [2.75, 3.05) is 5.32 Å². The molecule has 0 aliphatic carbocycles. The number of nitrogens with one attached hydrogen (secondary N) is 2. The van der Waals surface area contributed by atoms with Gasteiger partial charge in [-0.05, 0) is 62.6 Å². The third-order valence-corrected chi connectivity index (χ3v) is 6.12. The molecule has 0 unspecified atom stereocenters. The fourth-order valence-corrected chi connectivity index (χ4v) is 4.35. The Hall–Kier alpha value is -2.70. The van der Waals surface area contributed by atoms with E-state index < -0.39 is 0 Å². The average molecular weight is 425 g/mol. The number of fused-ring (bicyclic) bond motifs is 1. The molecule has 1 aromatic carbocycles. The van der Waals surface area contributed by atoms with Gasteiger partial charge in [0.15, 0.2) is 5.13 Å². The van der Waals surface area contributed by atoms with Gasteiger partial charge in [-0.2, -0.15) is 0 Å². The first kappa shape index (κ1) is 19.6. The van der Waals surface area contributed by atoms with E-state index in [9.17, 15) is 4.79 Å². The van der Waals surface area contributed by atoms with E-state index in [1.807, 2.05) is 50.2 Å². The zero-order valence-corrected chi connectivity index (χ0v) is 17.8. The molecule has 0 fully saturated rings. The predicted molar refractivity (Wildman–Crippen MR) is 120 cm³/mol. The molecule has 4 aromatic rings. The van der Waals surface area contributed by atoms with Crippen LogP contribution in [0.4, 0.5) is 5.13 Å². The quantitative estimate of drug-likeness (QED) is 0.403. The Bertz CT molecular complexity index is 1150. The Labute approximate surface area is 178 Å². The van der Waals surface area contributed by atoms with E-state index in [4.69, 9.17) is 11.6 Å². The number of H-pyrrole nitrogens is 1. The number of amides is 1. The van der Waals surface area contributed by atoms with Crippen molar-refractivity contribution in [1.82, 2.24) is 15.0 Å². The van der Waals surface area contributed by atoms with Crippen LogP contribution in [0.25, 0.3) is 22.3 Å². The van der Waals surface area contributed by atoms with E-state index in [0.29, 0.717) is 23.0 Å². The Morgan fingerprint density at radius 2 is 2.10 bits per heavy atom. The summed E-state index contributed by atoms with van der Waals surface area (Å²) in [5.41, 5.74) is 4.97. The standard InChI is InChI=1S/C22H21ClN4OS/c1-13-14(2)29-22(25-13)27-20(28)8-5-6-16-17-12-15(23)9-10-18(17)26-21(16)19-7-3-4-11-24-19/h3-4,7,9-12,26H,5-6,8H2,1-2H3,(H,25,27,28). The molecule has 29 heavy (non-hydrogen) atoms. The number of rotatable bonds is 6. The summed E-state index contributed by atoms with van der Waals surface area (Å²) < 4.78 is 0. The summed E-state index contributed by atoms with van der Waals surface area (Å²) in [5, 5.41) is 5.33. The first-order chi connectivity index (χ1) is 14.0. The Balaban J connectivity index is 1.52. The summed E-state index contributed by atoms with van der Waals surface area (Å²) >= 11 is 7.74. The van der Waals surface area contributed by atoms with Crippen LogP contribution in [0.2, 0.25) is 5.02 Å². The van der Waals surface area contributed by atoms with Crippen LogP contribution >= 0.6 is 22.9 Å². The number of thiazole rings is 1. The minimum atomic E-state index is -0.0176. The Morgan fingerprint density at radius 3 is 2.83 bits per heavy atom. The molecule has 0 radical (unpaired) electrons. The minimum Gasteiger partial charge on any atom is -0.353 e. The number of benzene rings is 1. The highest BCUT2D eigenvalue weighted by atomic mass is 35.5. The maximum absolute atomic E-state index is 12.3. The van der Waals surface area contributed by atoms with Gasteiger partial charge in [0.05, 0.1) is 17.1 Å². The second-order valence-electron chi connectivity index (χ2n) is 6.95. The zero-order chi connectivity index (χ0) is 20.4. The van der Waals surface area contributed by atoms with Crippen LogP contribution in [0.3, 0.4) is 0 Å². The molecular formula is C22H21ClN4OS. The maximum atomic E-state index is 12.3. The number of anilines is 1. The van der Waals surface area contributed by atoms with Crippen molar-refractivity contribution in [3.8, 4) is 11.4 Å². The smallest absolute Gasteiger partial charge is 0.226 e. The van der Waals surface area contributed by atoms with E-state index in [1.54, 1.807) is 6.20 Å². The van der Waals surface area contributed by atoms with Gasteiger partial charge in [0.1, 0.15) is 0 Å². The van der Waals surface area contributed by atoms with Crippen LogP contribution in [0.5, 0.6) is 0 Å². The van der Waals surface area contributed by atoms with Gasteiger partial charge in [0.2, 0.25) is 5.91 Å². The van der Waals surface area contributed by atoms with E-state index in [1.165, 1.54) is 11.3 Å². The van der Waals surface area contributed by atoms with Crippen molar-refractivity contribution in [3.63, 3.8) is 0 Å². The fourth-order valence-electron chi connectivity index (χ4n) is 3.34. The second-order valence-corrected chi connectivity index (χ2v) is 8.59. The summed E-state index contributed by atoms with van der Waals surface area (Å²) in [5.74, 6) is -0.0176. The molecular weight excluding hydrogens is 404 g/mol. The minimum absolute atomic E-state index is 0.0176. The lowest BCUT2D eigenvalue weighted by molar-refractivity contribution is -0.116. The average Bonchev–Trinajstić information content (AvgIpc) is 3.21. The molecule has 0 aliphatic heterocycles. The number of aromatic nitrogens is 3. The van der Waals surface area contributed by atoms with Gasteiger partial charge in [-0.3, -0.25) is 9.78 Å². The van der Waals surface area contributed by atoms with Gasteiger partial charge >= 0.3 is 0 Å². The summed E-state index contributed by atoms with van der Waals surface area (Å²) in [6.45, 7) is 3.95. The maximum Gasteiger partial charge on any atom is 0.226 e. The molecule has 0 atom stereocenters. The van der Waals surface area contributed by atoms with Gasteiger partial charge < -0.3 is 10.3 Å². The number of pyridine rings is 1. The summed E-state index contributed by atoms with van der Waals surface area (Å²) in [6.07, 6.45) is 3.67. The number of aryl methyl sites for hydroxylation is 3. The van der Waals surface area contributed by atoms with Gasteiger partial charge in [0, 0.05) is 33.4 Å². The van der Waals surface area contributed by atoms with Crippen molar-refractivity contribution >= 4 is 44.9 Å². The number of halogens is 1. The number of hydrogen-bond acceptors (Lipinski definition) is 4. The molecule has 3 heterocycles. The summed E-state index contributed by atoms with van der Waals surface area (Å²) in [4.78, 5) is 25.8. The molecule has 0 aliphatic rings. The van der Waals surface area contributed by atoms with Crippen molar-refractivity contribution in [2.24, 2.45) is 0 Å². The molecule has 7 heteroatoms. The van der Waals surface area contributed by atoms with Gasteiger partial charge in [-0.1, -0.05) is 17.7 Å². The van der Waals surface area contributed by atoms with Crippen LogP contribution < -0.4 is 5.32 Å². The van der Waals surface area contributed by atoms with E-state index >= 15 is 0 Å². The van der Waals surface area contributed by atoms with E-state index in [-0.39, 0.29) is 5.91 Å². The fraction of sp³-hybridized carbons (Fsp3) is 0.227. The van der Waals surface area contributed by atoms with Crippen LogP contribution in [0, 0.1) is 13.8 Å². The highest BCUT2D eigenvalue weighted by Gasteiger charge is 2.15. The molecule has 5 nitrogen and oxygen atoms in total. The van der Waals surface area contributed by atoms with Crippen LogP contribution in [0.1, 0.15) is 29.0 Å². The second kappa shape index (κ2) is 8.35. The summed E-state index contributed by atoms with van der Waals surface area (Å²) in [7, 11) is 0. The topological polar surface area (TPSA) is 70.7 Å². The van der Waals surface area contributed by atoms with Crippen LogP contribution in [0.15, 0.2) is 42.6 Å². The lowest BCUT2D eigenvalue weighted by Gasteiger charge is -2.05. The van der Waals surface area contributed by atoms with E-state index in [2.05, 4.69) is 20.3 Å². The van der Waals surface area contributed by atoms with Gasteiger partial charge in [-0.25, -0.2) is 4.98 Å². The number of nitrogens with zero attached hydrogens (tertiary/aromatic N) is 2.